The highest BCUT2D eigenvalue weighted by Gasteiger charge is 2.14. The lowest BCUT2D eigenvalue weighted by Crippen LogP contribution is -2.08. The molecule has 106 valence electrons. The van der Waals surface area contributed by atoms with E-state index in [1.165, 1.54) is 6.26 Å². The second-order valence-electron chi connectivity index (χ2n) is 4.29. The summed E-state index contributed by atoms with van der Waals surface area (Å²) in [6.45, 7) is 4.00. The summed E-state index contributed by atoms with van der Waals surface area (Å²) in [6.07, 6.45) is 1.27. The van der Waals surface area contributed by atoms with Gasteiger partial charge in [0.05, 0.1) is 12.6 Å². The van der Waals surface area contributed by atoms with Crippen LogP contribution in [0.3, 0.4) is 0 Å². The standard InChI is InChI=1S/C14H17N3O3/c1-3-19-13(18)12-8-20-14(17-12)16-9(2)10-4-6-11(15)7-5-10/h4-9H,3,15H2,1-2H3,(H,16,17). The van der Waals surface area contributed by atoms with Crippen molar-refractivity contribution in [1.29, 1.82) is 0 Å². The third kappa shape index (κ3) is 3.28. The molecule has 20 heavy (non-hydrogen) atoms. The minimum absolute atomic E-state index is 0.0238. The van der Waals surface area contributed by atoms with Gasteiger partial charge in [-0.05, 0) is 31.5 Å². The van der Waals surface area contributed by atoms with Gasteiger partial charge in [0.15, 0.2) is 5.69 Å². The molecular weight excluding hydrogens is 258 g/mol. The van der Waals surface area contributed by atoms with Crippen molar-refractivity contribution in [3.05, 3.63) is 41.8 Å². The van der Waals surface area contributed by atoms with E-state index in [0.717, 1.165) is 5.56 Å². The summed E-state index contributed by atoms with van der Waals surface area (Å²) < 4.78 is 10.0. The Morgan fingerprint density at radius 1 is 1.45 bits per heavy atom. The molecule has 0 spiro atoms. The number of rotatable bonds is 5. The van der Waals surface area contributed by atoms with Gasteiger partial charge in [0.25, 0.3) is 6.01 Å². The Hall–Kier alpha value is -2.50. The zero-order chi connectivity index (χ0) is 14.5. The fourth-order valence-corrected chi connectivity index (χ4v) is 1.69. The zero-order valence-corrected chi connectivity index (χ0v) is 11.4. The van der Waals surface area contributed by atoms with Crippen LogP contribution in [0.5, 0.6) is 0 Å². The highest BCUT2D eigenvalue weighted by atomic mass is 16.5. The van der Waals surface area contributed by atoms with Crippen molar-refractivity contribution in [3.8, 4) is 0 Å². The van der Waals surface area contributed by atoms with Gasteiger partial charge in [-0.15, -0.1) is 0 Å². The van der Waals surface area contributed by atoms with E-state index in [2.05, 4.69) is 10.3 Å². The van der Waals surface area contributed by atoms with E-state index >= 15 is 0 Å². The number of nitrogens with zero attached hydrogens (tertiary/aromatic N) is 1. The maximum absolute atomic E-state index is 11.5. The van der Waals surface area contributed by atoms with E-state index in [1.54, 1.807) is 6.92 Å². The predicted octanol–water partition coefficient (Wildman–Crippen LogP) is 2.61. The number of hydrogen-bond acceptors (Lipinski definition) is 6. The van der Waals surface area contributed by atoms with Gasteiger partial charge in [-0.1, -0.05) is 12.1 Å². The molecule has 0 fully saturated rings. The number of nitrogens with one attached hydrogen (secondary N) is 1. The highest BCUT2D eigenvalue weighted by Crippen LogP contribution is 2.20. The van der Waals surface area contributed by atoms with Gasteiger partial charge >= 0.3 is 5.97 Å². The molecule has 0 radical (unpaired) electrons. The van der Waals surface area contributed by atoms with Gasteiger partial charge in [-0.2, -0.15) is 4.98 Å². The monoisotopic (exact) mass is 275 g/mol. The van der Waals surface area contributed by atoms with E-state index in [4.69, 9.17) is 14.9 Å². The van der Waals surface area contributed by atoms with Crippen LogP contribution >= 0.6 is 0 Å². The SMILES string of the molecule is CCOC(=O)c1coc(NC(C)c2ccc(N)cc2)n1. The fourth-order valence-electron chi connectivity index (χ4n) is 1.69. The molecule has 1 heterocycles. The minimum atomic E-state index is -0.496. The number of anilines is 2. The van der Waals surface area contributed by atoms with Crippen molar-refractivity contribution < 1.29 is 13.9 Å². The molecule has 2 rings (SSSR count). The largest absolute Gasteiger partial charge is 0.461 e. The Labute approximate surface area is 116 Å². The van der Waals surface area contributed by atoms with Crippen LogP contribution in [0.1, 0.15) is 35.9 Å². The number of esters is 1. The molecule has 3 N–H and O–H groups in total. The summed E-state index contributed by atoms with van der Waals surface area (Å²) in [5.41, 5.74) is 7.54. The third-order valence-corrected chi connectivity index (χ3v) is 2.77. The van der Waals surface area contributed by atoms with Crippen molar-refractivity contribution in [2.24, 2.45) is 0 Å². The average molecular weight is 275 g/mol. The van der Waals surface area contributed by atoms with E-state index in [1.807, 2.05) is 31.2 Å². The molecule has 6 heteroatoms. The molecule has 1 atom stereocenters. The van der Waals surface area contributed by atoms with Crippen molar-refractivity contribution >= 4 is 17.7 Å². The summed E-state index contributed by atoms with van der Waals surface area (Å²) in [7, 11) is 0. The molecule has 0 bridgehead atoms. The van der Waals surface area contributed by atoms with Gasteiger partial charge in [0.2, 0.25) is 0 Å². The average Bonchev–Trinajstić information content (AvgIpc) is 2.88. The van der Waals surface area contributed by atoms with Gasteiger partial charge < -0.3 is 20.2 Å². The van der Waals surface area contributed by atoms with Crippen LogP contribution in [0.15, 0.2) is 34.9 Å². The molecule has 0 aliphatic heterocycles. The topological polar surface area (TPSA) is 90.4 Å². The van der Waals surface area contributed by atoms with Crippen LogP contribution in [0.25, 0.3) is 0 Å². The molecule has 2 aromatic rings. The Morgan fingerprint density at radius 2 is 2.15 bits per heavy atom. The number of benzene rings is 1. The zero-order valence-electron chi connectivity index (χ0n) is 11.4. The number of carbonyl (C=O) groups is 1. The van der Waals surface area contributed by atoms with E-state index < -0.39 is 5.97 Å². The normalized spacial score (nSPS) is 11.9. The molecule has 0 amide bonds. The lowest BCUT2D eigenvalue weighted by atomic mass is 10.1. The second-order valence-corrected chi connectivity index (χ2v) is 4.29. The Kier molecular flexibility index (Phi) is 4.24. The number of aromatic nitrogens is 1. The molecule has 0 saturated carbocycles. The summed E-state index contributed by atoms with van der Waals surface area (Å²) in [5.74, 6) is -0.496. The number of oxazole rings is 1. The maximum atomic E-state index is 11.5. The number of nitrogen functional groups attached to an aromatic ring is 1. The summed E-state index contributed by atoms with van der Waals surface area (Å²) in [5, 5.41) is 3.07. The molecule has 1 unspecified atom stereocenters. The van der Waals surface area contributed by atoms with Gasteiger partial charge in [-0.3, -0.25) is 0 Å². The first-order valence-corrected chi connectivity index (χ1v) is 6.34. The second kappa shape index (κ2) is 6.10. The molecule has 0 aliphatic rings. The molecule has 0 saturated heterocycles. The van der Waals surface area contributed by atoms with E-state index in [0.29, 0.717) is 12.3 Å². The predicted molar refractivity (Wildman–Crippen MR) is 75.4 cm³/mol. The number of carbonyl (C=O) groups excluding carboxylic acids is 1. The summed E-state index contributed by atoms with van der Waals surface area (Å²) in [4.78, 5) is 15.5. The van der Waals surface area contributed by atoms with Gasteiger partial charge in [0, 0.05) is 5.69 Å². The van der Waals surface area contributed by atoms with Crippen LogP contribution in [0, 0.1) is 0 Å². The first-order chi connectivity index (χ1) is 9.60. The molecule has 1 aromatic carbocycles. The quantitative estimate of drug-likeness (QED) is 0.644. The fraction of sp³-hybridized carbons (Fsp3) is 0.286. The van der Waals surface area contributed by atoms with Gasteiger partial charge in [-0.25, -0.2) is 4.79 Å². The van der Waals surface area contributed by atoms with Crippen LogP contribution < -0.4 is 11.1 Å². The van der Waals surface area contributed by atoms with Crippen LogP contribution in [-0.2, 0) is 4.74 Å². The third-order valence-electron chi connectivity index (χ3n) is 2.77. The number of ether oxygens (including phenoxy) is 1. The smallest absolute Gasteiger partial charge is 0.360 e. The van der Waals surface area contributed by atoms with Crippen LogP contribution in [-0.4, -0.2) is 17.6 Å². The van der Waals surface area contributed by atoms with E-state index in [-0.39, 0.29) is 17.8 Å². The molecule has 1 aromatic heterocycles. The Morgan fingerprint density at radius 3 is 2.80 bits per heavy atom. The Balaban J connectivity index is 2.03. The molecule has 0 aliphatic carbocycles. The highest BCUT2D eigenvalue weighted by molar-refractivity contribution is 5.87. The van der Waals surface area contributed by atoms with Crippen LogP contribution in [0.2, 0.25) is 0 Å². The van der Waals surface area contributed by atoms with Crippen molar-refractivity contribution in [1.82, 2.24) is 4.98 Å². The van der Waals surface area contributed by atoms with Crippen molar-refractivity contribution in [2.75, 3.05) is 17.7 Å². The lowest BCUT2D eigenvalue weighted by Gasteiger charge is -2.12. The Bertz CT molecular complexity index is 578. The van der Waals surface area contributed by atoms with Crippen molar-refractivity contribution in [2.45, 2.75) is 19.9 Å². The van der Waals surface area contributed by atoms with Crippen LogP contribution in [0.4, 0.5) is 11.7 Å². The lowest BCUT2D eigenvalue weighted by molar-refractivity contribution is 0.0519. The molecule has 6 nitrogen and oxygen atoms in total. The summed E-state index contributed by atoms with van der Waals surface area (Å²) in [6, 6.07) is 7.74. The first-order valence-electron chi connectivity index (χ1n) is 6.34. The van der Waals surface area contributed by atoms with Crippen molar-refractivity contribution in [3.63, 3.8) is 0 Å². The number of nitrogens with two attached hydrogens (primary N) is 1. The number of hydrogen-bond donors (Lipinski definition) is 2. The maximum Gasteiger partial charge on any atom is 0.360 e. The molecular formula is C14H17N3O3. The first kappa shape index (κ1) is 13.9. The van der Waals surface area contributed by atoms with E-state index in [9.17, 15) is 4.79 Å². The van der Waals surface area contributed by atoms with Gasteiger partial charge in [0.1, 0.15) is 6.26 Å². The summed E-state index contributed by atoms with van der Waals surface area (Å²) >= 11 is 0. The minimum Gasteiger partial charge on any atom is -0.461 e.